The zero-order chi connectivity index (χ0) is 9.97. The molecular formula is C12H19NS. The van der Waals surface area contributed by atoms with E-state index in [1.807, 2.05) is 11.3 Å². The Balaban J connectivity index is 2.01. The summed E-state index contributed by atoms with van der Waals surface area (Å²) in [4.78, 5) is 1.61. The van der Waals surface area contributed by atoms with Crippen molar-refractivity contribution in [3.8, 4) is 0 Å². The van der Waals surface area contributed by atoms with Crippen LogP contribution in [-0.4, -0.2) is 6.54 Å². The predicted octanol–water partition coefficient (Wildman–Crippen LogP) is 3.37. The van der Waals surface area contributed by atoms with E-state index in [4.69, 9.17) is 0 Å². The second kappa shape index (κ2) is 4.45. The summed E-state index contributed by atoms with van der Waals surface area (Å²) in [7, 11) is 0. The highest BCUT2D eigenvalue weighted by Crippen LogP contribution is 2.30. The molecule has 0 aliphatic carbocycles. The van der Waals surface area contributed by atoms with Gasteiger partial charge in [0.1, 0.15) is 0 Å². The molecule has 0 fully saturated rings. The fourth-order valence-corrected chi connectivity index (χ4v) is 3.04. The average Bonchev–Trinajstić information content (AvgIpc) is 2.62. The summed E-state index contributed by atoms with van der Waals surface area (Å²) in [5.41, 5.74) is 1.57. The van der Waals surface area contributed by atoms with Crippen LogP contribution in [0.1, 0.15) is 43.2 Å². The molecule has 0 amide bonds. The Hall–Kier alpha value is -0.340. The summed E-state index contributed by atoms with van der Waals surface area (Å²) in [6.07, 6.45) is 3.85. The van der Waals surface area contributed by atoms with E-state index < -0.39 is 0 Å². The van der Waals surface area contributed by atoms with Crippen molar-refractivity contribution in [3.05, 3.63) is 21.9 Å². The highest BCUT2D eigenvalue weighted by atomic mass is 32.1. The van der Waals surface area contributed by atoms with Crippen LogP contribution in [0.5, 0.6) is 0 Å². The topological polar surface area (TPSA) is 12.0 Å². The molecule has 1 unspecified atom stereocenters. The van der Waals surface area contributed by atoms with E-state index in [0.717, 1.165) is 12.5 Å². The number of hydrogen-bond donors (Lipinski definition) is 1. The summed E-state index contributed by atoms with van der Waals surface area (Å²) >= 11 is 1.92. The average molecular weight is 209 g/mol. The van der Waals surface area contributed by atoms with Crippen LogP contribution >= 0.6 is 11.3 Å². The first-order valence-corrected chi connectivity index (χ1v) is 6.45. The lowest BCUT2D eigenvalue weighted by Gasteiger charge is -2.24. The maximum absolute atomic E-state index is 3.62. The van der Waals surface area contributed by atoms with E-state index in [2.05, 4.69) is 30.6 Å². The molecule has 1 aliphatic rings. The third-order valence-corrected chi connectivity index (χ3v) is 3.93. The Morgan fingerprint density at radius 3 is 3.21 bits per heavy atom. The second-order valence-electron chi connectivity index (χ2n) is 4.53. The van der Waals surface area contributed by atoms with E-state index in [-0.39, 0.29) is 0 Å². The minimum atomic E-state index is 0.632. The Bertz CT molecular complexity index is 290. The molecule has 78 valence electrons. The van der Waals surface area contributed by atoms with Crippen molar-refractivity contribution in [3.63, 3.8) is 0 Å². The van der Waals surface area contributed by atoms with E-state index in [9.17, 15) is 0 Å². The maximum Gasteiger partial charge on any atom is 0.0331 e. The van der Waals surface area contributed by atoms with Crippen molar-refractivity contribution in [2.24, 2.45) is 5.92 Å². The van der Waals surface area contributed by atoms with Gasteiger partial charge in [-0.25, -0.2) is 0 Å². The zero-order valence-corrected chi connectivity index (χ0v) is 9.86. The molecule has 1 nitrogen and oxygen atoms in total. The Kier molecular flexibility index (Phi) is 3.24. The molecule has 0 bridgehead atoms. The Morgan fingerprint density at radius 2 is 2.43 bits per heavy atom. The Morgan fingerprint density at radius 1 is 1.57 bits per heavy atom. The number of hydrogen-bond acceptors (Lipinski definition) is 2. The SMILES string of the molecule is CC(C)CCC1NCCc2sccc21. The number of nitrogens with one attached hydrogen (secondary N) is 1. The predicted molar refractivity (Wildman–Crippen MR) is 62.8 cm³/mol. The number of rotatable bonds is 3. The summed E-state index contributed by atoms with van der Waals surface area (Å²) < 4.78 is 0. The van der Waals surface area contributed by atoms with Crippen LogP contribution in [0.25, 0.3) is 0 Å². The molecule has 0 aromatic carbocycles. The van der Waals surface area contributed by atoms with Gasteiger partial charge in [0.15, 0.2) is 0 Å². The van der Waals surface area contributed by atoms with Crippen molar-refractivity contribution >= 4 is 11.3 Å². The number of thiophene rings is 1. The van der Waals surface area contributed by atoms with Crippen molar-refractivity contribution < 1.29 is 0 Å². The minimum Gasteiger partial charge on any atom is -0.310 e. The lowest BCUT2D eigenvalue weighted by atomic mass is 9.95. The van der Waals surface area contributed by atoms with Gasteiger partial charge in [-0.2, -0.15) is 0 Å². The molecule has 2 heteroatoms. The van der Waals surface area contributed by atoms with Gasteiger partial charge in [-0.1, -0.05) is 13.8 Å². The van der Waals surface area contributed by atoms with Crippen LogP contribution in [0.3, 0.4) is 0 Å². The lowest BCUT2D eigenvalue weighted by Crippen LogP contribution is -2.28. The van der Waals surface area contributed by atoms with Gasteiger partial charge in [0.25, 0.3) is 0 Å². The largest absolute Gasteiger partial charge is 0.310 e. The first kappa shape index (κ1) is 10.2. The molecule has 14 heavy (non-hydrogen) atoms. The molecule has 0 radical (unpaired) electrons. The lowest BCUT2D eigenvalue weighted by molar-refractivity contribution is 0.428. The van der Waals surface area contributed by atoms with Gasteiger partial charge in [0.05, 0.1) is 0 Å². The molecule has 0 saturated carbocycles. The van der Waals surface area contributed by atoms with Crippen LogP contribution in [0.15, 0.2) is 11.4 Å². The molecular weight excluding hydrogens is 190 g/mol. The molecule has 1 aliphatic heterocycles. The standard InChI is InChI=1S/C12H19NS/c1-9(2)3-4-11-10-6-8-14-12(10)5-7-13-11/h6,8-9,11,13H,3-5,7H2,1-2H3. The minimum absolute atomic E-state index is 0.632. The summed E-state index contributed by atoms with van der Waals surface area (Å²) in [5.74, 6) is 0.820. The van der Waals surface area contributed by atoms with E-state index in [1.165, 1.54) is 19.3 Å². The van der Waals surface area contributed by atoms with Crippen LogP contribution in [0, 0.1) is 5.92 Å². The van der Waals surface area contributed by atoms with Gasteiger partial charge in [-0.05, 0) is 42.2 Å². The molecule has 2 rings (SSSR count). The highest BCUT2D eigenvalue weighted by molar-refractivity contribution is 7.10. The van der Waals surface area contributed by atoms with Crippen LogP contribution < -0.4 is 5.32 Å². The fourth-order valence-electron chi connectivity index (χ4n) is 2.09. The quantitative estimate of drug-likeness (QED) is 0.805. The van der Waals surface area contributed by atoms with Gasteiger partial charge < -0.3 is 5.32 Å². The van der Waals surface area contributed by atoms with E-state index >= 15 is 0 Å². The third-order valence-electron chi connectivity index (χ3n) is 2.93. The van der Waals surface area contributed by atoms with Crippen molar-refractivity contribution in [2.75, 3.05) is 6.54 Å². The van der Waals surface area contributed by atoms with Crippen LogP contribution in [0.2, 0.25) is 0 Å². The molecule has 2 heterocycles. The fraction of sp³-hybridized carbons (Fsp3) is 0.667. The summed E-state index contributed by atoms with van der Waals surface area (Å²) in [6, 6.07) is 2.93. The molecule has 1 N–H and O–H groups in total. The molecule has 1 aromatic heterocycles. The van der Waals surface area contributed by atoms with Gasteiger partial charge in [-0.3, -0.25) is 0 Å². The smallest absolute Gasteiger partial charge is 0.0331 e. The van der Waals surface area contributed by atoms with Gasteiger partial charge in [-0.15, -0.1) is 11.3 Å². The van der Waals surface area contributed by atoms with E-state index in [0.29, 0.717) is 6.04 Å². The van der Waals surface area contributed by atoms with Crippen LogP contribution in [0.4, 0.5) is 0 Å². The van der Waals surface area contributed by atoms with Crippen LogP contribution in [-0.2, 0) is 6.42 Å². The monoisotopic (exact) mass is 209 g/mol. The number of fused-ring (bicyclic) bond motifs is 1. The first-order valence-electron chi connectivity index (χ1n) is 5.57. The van der Waals surface area contributed by atoms with Crippen molar-refractivity contribution in [1.29, 1.82) is 0 Å². The zero-order valence-electron chi connectivity index (χ0n) is 9.05. The van der Waals surface area contributed by atoms with Gasteiger partial charge >= 0.3 is 0 Å². The van der Waals surface area contributed by atoms with E-state index in [1.54, 1.807) is 10.4 Å². The summed E-state index contributed by atoms with van der Waals surface area (Å²) in [6.45, 7) is 5.77. The van der Waals surface area contributed by atoms with Gasteiger partial charge in [0, 0.05) is 17.5 Å². The second-order valence-corrected chi connectivity index (χ2v) is 5.53. The Labute approximate surface area is 90.5 Å². The molecule has 0 spiro atoms. The van der Waals surface area contributed by atoms with Crippen molar-refractivity contribution in [2.45, 2.75) is 39.2 Å². The summed E-state index contributed by atoms with van der Waals surface area (Å²) in [5, 5.41) is 5.86. The van der Waals surface area contributed by atoms with Gasteiger partial charge in [0.2, 0.25) is 0 Å². The normalized spacial score (nSPS) is 21.2. The first-order chi connectivity index (χ1) is 6.77. The third kappa shape index (κ3) is 2.18. The molecule has 0 saturated heterocycles. The molecule has 1 atom stereocenters. The highest BCUT2D eigenvalue weighted by Gasteiger charge is 2.20. The van der Waals surface area contributed by atoms with Crippen molar-refractivity contribution in [1.82, 2.24) is 5.32 Å². The maximum atomic E-state index is 3.62. The molecule has 1 aromatic rings.